The summed E-state index contributed by atoms with van der Waals surface area (Å²) in [7, 11) is 0. The summed E-state index contributed by atoms with van der Waals surface area (Å²) in [6.45, 7) is 0.369. The van der Waals surface area contributed by atoms with Crippen LogP contribution in [0.3, 0.4) is 0 Å². The Hall–Kier alpha value is -1.85. The second kappa shape index (κ2) is 6.10. The van der Waals surface area contributed by atoms with E-state index in [1.165, 1.54) is 23.1 Å². The van der Waals surface area contributed by atoms with Crippen LogP contribution in [0.1, 0.15) is 45.8 Å². The number of amides is 1. The Kier molecular flexibility index (Phi) is 4.18. The van der Waals surface area contributed by atoms with Gasteiger partial charge in [0, 0.05) is 29.4 Å². The molecule has 0 saturated heterocycles. The number of thiophene rings is 1. The molecule has 1 heterocycles. The number of hydrogen-bond acceptors (Lipinski definition) is 4. The van der Waals surface area contributed by atoms with Crippen molar-refractivity contribution in [3.8, 4) is 0 Å². The number of nitrogen functional groups attached to an aromatic ring is 1. The minimum absolute atomic E-state index is 0.164. The Morgan fingerprint density at radius 2 is 2.27 bits per heavy atom. The molecule has 0 spiro atoms. The number of carbonyl (C=O) groups excluding carboxylic acids is 1. The molecule has 1 amide bonds. The largest absolute Gasteiger partial charge is 0.398 e. The van der Waals surface area contributed by atoms with Gasteiger partial charge in [-0.05, 0) is 42.0 Å². The second-order valence-corrected chi connectivity index (χ2v) is 6.92. The minimum Gasteiger partial charge on any atom is -0.398 e. The summed E-state index contributed by atoms with van der Waals surface area (Å²) in [6, 6.07) is 5.52. The first kappa shape index (κ1) is 15.1. The van der Waals surface area contributed by atoms with Gasteiger partial charge in [0.1, 0.15) is 0 Å². The van der Waals surface area contributed by atoms with Crippen molar-refractivity contribution in [2.24, 2.45) is 0 Å². The number of rotatable bonds is 5. The summed E-state index contributed by atoms with van der Waals surface area (Å²) in [4.78, 5) is 12.2. The van der Waals surface area contributed by atoms with Crippen molar-refractivity contribution in [3.63, 3.8) is 0 Å². The quantitative estimate of drug-likeness (QED) is 0.575. The van der Waals surface area contributed by atoms with E-state index in [9.17, 15) is 4.79 Å². The maximum Gasteiger partial charge on any atom is 0.252 e. The standard InChI is InChI=1S/C16H16ClN3OS/c17-15-5-10(8-22-15)16(21)20-7-13-11(9-1-2-9)3-4-14(19)12(13)6-18/h3-6,8-9,18H,1-2,7,19H2,(H,20,21). The maximum absolute atomic E-state index is 12.2. The topological polar surface area (TPSA) is 79.0 Å². The molecular weight excluding hydrogens is 318 g/mol. The summed E-state index contributed by atoms with van der Waals surface area (Å²) in [5.74, 6) is 0.366. The number of anilines is 1. The molecule has 3 rings (SSSR count). The van der Waals surface area contributed by atoms with Crippen molar-refractivity contribution < 1.29 is 4.79 Å². The molecule has 1 aromatic carbocycles. The van der Waals surface area contributed by atoms with Crippen molar-refractivity contribution in [2.75, 3.05) is 5.73 Å². The Bertz CT molecular complexity index is 737. The van der Waals surface area contributed by atoms with Crippen molar-refractivity contribution >= 4 is 40.7 Å². The average molecular weight is 334 g/mol. The van der Waals surface area contributed by atoms with E-state index in [2.05, 4.69) is 5.32 Å². The van der Waals surface area contributed by atoms with Crippen molar-refractivity contribution in [3.05, 3.63) is 50.2 Å². The molecule has 1 aromatic heterocycles. The number of hydrogen-bond donors (Lipinski definition) is 3. The molecule has 1 aliphatic carbocycles. The highest BCUT2D eigenvalue weighted by Crippen LogP contribution is 2.43. The summed E-state index contributed by atoms with van der Waals surface area (Å²) >= 11 is 7.19. The Morgan fingerprint density at radius 3 is 2.86 bits per heavy atom. The lowest BCUT2D eigenvalue weighted by atomic mass is 9.96. The third-order valence-electron chi connectivity index (χ3n) is 3.84. The first-order chi connectivity index (χ1) is 10.6. The number of carbonyl (C=O) groups is 1. The molecule has 4 nitrogen and oxygen atoms in total. The van der Waals surface area contributed by atoms with Crippen LogP contribution in [0.4, 0.5) is 5.69 Å². The number of halogens is 1. The van der Waals surface area contributed by atoms with Crippen LogP contribution in [0.2, 0.25) is 4.34 Å². The predicted molar refractivity (Wildman–Crippen MR) is 91.2 cm³/mol. The normalized spacial score (nSPS) is 13.9. The molecule has 0 unspecified atom stereocenters. The highest BCUT2D eigenvalue weighted by Gasteiger charge is 2.27. The Labute approximate surface area is 137 Å². The van der Waals surface area contributed by atoms with Gasteiger partial charge < -0.3 is 16.5 Å². The van der Waals surface area contributed by atoms with E-state index in [0.717, 1.165) is 18.4 Å². The third-order valence-corrected chi connectivity index (χ3v) is 4.94. The van der Waals surface area contributed by atoms with E-state index in [0.29, 0.717) is 33.6 Å². The van der Waals surface area contributed by atoms with Gasteiger partial charge in [0.2, 0.25) is 0 Å². The average Bonchev–Trinajstić information content (AvgIpc) is 3.25. The van der Waals surface area contributed by atoms with Crippen molar-refractivity contribution in [1.29, 1.82) is 5.41 Å². The lowest BCUT2D eigenvalue weighted by Gasteiger charge is -2.15. The molecule has 0 bridgehead atoms. The monoisotopic (exact) mass is 333 g/mol. The predicted octanol–water partition coefficient (Wildman–Crippen LogP) is 3.79. The van der Waals surface area contributed by atoms with Crippen molar-refractivity contribution in [2.45, 2.75) is 25.3 Å². The van der Waals surface area contributed by atoms with E-state index in [4.69, 9.17) is 22.7 Å². The number of nitrogens with two attached hydrogens (primary N) is 1. The van der Waals surface area contributed by atoms with Crippen LogP contribution in [0.5, 0.6) is 0 Å². The van der Waals surface area contributed by atoms with E-state index in [1.807, 2.05) is 12.1 Å². The van der Waals surface area contributed by atoms with Crippen LogP contribution in [-0.4, -0.2) is 12.1 Å². The van der Waals surface area contributed by atoms with Crippen LogP contribution in [0.25, 0.3) is 0 Å². The van der Waals surface area contributed by atoms with Gasteiger partial charge in [-0.15, -0.1) is 11.3 Å². The molecule has 22 heavy (non-hydrogen) atoms. The molecule has 0 radical (unpaired) electrons. The van der Waals surface area contributed by atoms with E-state index < -0.39 is 0 Å². The van der Waals surface area contributed by atoms with E-state index in [-0.39, 0.29) is 5.91 Å². The molecule has 2 aromatic rings. The van der Waals surface area contributed by atoms with Gasteiger partial charge in [0.05, 0.1) is 9.90 Å². The van der Waals surface area contributed by atoms with Gasteiger partial charge in [0.25, 0.3) is 5.91 Å². The molecular formula is C16H16ClN3OS. The fourth-order valence-electron chi connectivity index (χ4n) is 2.54. The SMILES string of the molecule is N=Cc1c(N)ccc(C2CC2)c1CNC(=O)c1csc(Cl)c1. The van der Waals surface area contributed by atoms with Gasteiger partial charge in [-0.3, -0.25) is 4.79 Å². The second-order valence-electron chi connectivity index (χ2n) is 5.38. The zero-order chi connectivity index (χ0) is 15.7. The summed E-state index contributed by atoms with van der Waals surface area (Å²) in [6.07, 6.45) is 3.58. The molecule has 1 aliphatic rings. The minimum atomic E-state index is -0.164. The summed E-state index contributed by atoms with van der Waals surface area (Å²) in [5, 5.41) is 12.2. The van der Waals surface area contributed by atoms with E-state index >= 15 is 0 Å². The summed E-state index contributed by atoms with van der Waals surface area (Å²) < 4.78 is 0.591. The Morgan fingerprint density at radius 1 is 1.50 bits per heavy atom. The first-order valence-electron chi connectivity index (χ1n) is 7.04. The van der Waals surface area contributed by atoms with Gasteiger partial charge in [-0.2, -0.15) is 0 Å². The van der Waals surface area contributed by atoms with Gasteiger partial charge >= 0.3 is 0 Å². The van der Waals surface area contributed by atoms with Gasteiger partial charge in [-0.25, -0.2) is 0 Å². The molecule has 0 aliphatic heterocycles. The highest BCUT2D eigenvalue weighted by molar-refractivity contribution is 7.14. The highest BCUT2D eigenvalue weighted by atomic mass is 35.5. The lowest BCUT2D eigenvalue weighted by Crippen LogP contribution is -2.24. The Balaban J connectivity index is 1.83. The smallest absolute Gasteiger partial charge is 0.252 e. The molecule has 4 N–H and O–H groups in total. The molecule has 0 atom stereocenters. The van der Waals surface area contributed by atoms with Gasteiger partial charge in [-0.1, -0.05) is 17.7 Å². The third kappa shape index (κ3) is 3.00. The molecule has 6 heteroatoms. The first-order valence-corrected chi connectivity index (χ1v) is 8.30. The maximum atomic E-state index is 12.2. The van der Waals surface area contributed by atoms with Crippen LogP contribution in [0, 0.1) is 5.41 Å². The van der Waals surface area contributed by atoms with Crippen LogP contribution < -0.4 is 11.1 Å². The number of nitrogens with one attached hydrogen (secondary N) is 2. The molecule has 1 saturated carbocycles. The fraction of sp³-hybridized carbons (Fsp3) is 0.250. The number of benzene rings is 1. The zero-order valence-corrected chi connectivity index (χ0v) is 13.4. The fourth-order valence-corrected chi connectivity index (χ4v) is 3.40. The van der Waals surface area contributed by atoms with E-state index in [1.54, 1.807) is 11.4 Å². The van der Waals surface area contributed by atoms with Crippen LogP contribution in [0.15, 0.2) is 23.6 Å². The van der Waals surface area contributed by atoms with Crippen LogP contribution in [-0.2, 0) is 6.54 Å². The summed E-state index contributed by atoms with van der Waals surface area (Å²) in [5.41, 5.74) is 9.94. The van der Waals surface area contributed by atoms with Gasteiger partial charge in [0.15, 0.2) is 0 Å². The zero-order valence-electron chi connectivity index (χ0n) is 11.9. The van der Waals surface area contributed by atoms with Crippen molar-refractivity contribution in [1.82, 2.24) is 5.32 Å². The lowest BCUT2D eigenvalue weighted by molar-refractivity contribution is 0.0951. The molecule has 114 valence electrons. The molecule has 1 fully saturated rings. The van der Waals surface area contributed by atoms with Crippen LogP contribution >= 0.6 is 22.9 Å².